The maximum absolute atomic E-state index is 12.9. The number of hydrogen-bond acceptors (Lipinski definition) is 6. The maximum Gasteiger partial charge on any atom is 0.255 e. The van der Waals surface area contributed by atoms with Crippen molar-refractivity contribution in [3.8, 4) is 21.1 Å². The topological polar surface area (TPSA) is 58.1 Å². The molecule has 2 aromatic carbocycles. The van der Waals surface area contributed by atoms with Gasteiger partial charge in [0, 0.05) is 31.0 Å². The van der Waals surface area contributed by atoms with Crippen LogP contribution in [0.2, 0.25) is 0 Å². The molecule has 0 aliphatic carbocycles. The molecule has 0 aliphatic rings. The van der Waals surface area contributed by atoms with E-state index < -0.39 is 0 Å². The molecule has 32 heavy (non-hydrogen) atoms. The molecule has 7 heteroatoms. The molecule has 0 spiro atoms. The molecular formula is C25H20N4OS2. The lowest BCUT2D eigenvalue weighted by atomic mass is 10.1. The van der Waals surface area contributed by atoms with Gasteiger partial charge in [0.15, 0.2) is 0 Å². The average molecular weight is 457 g/mol. The minimum absolute atomic E-state index is 0.175. The molecule has 0 atom stereocenters. The van der Waals surface area contributed by atoms with Gasteiger partial charge in [-0.3, -0.25) is 4.79 Å². The molecule has 3 heterocycles. The zero-order valence-electron chi connectivity index (χ0n) is 17.6. The number of carbonyl (C=O) groups excluding carboxylic acids is 1. The number of rotatable bonds is 5. The van der Waals surface area contributed by atoms with Gasteiger partial charge in [-0.05, 0) is 65.4 Å². The summed E-state index contributed by atoms with van der Waals surface area (Å²) < 4.78 is 0. The smallest absolute Gasteiger partial charge is 0.255 e. The summed E-state index contributed by atoms with van der Waals surface area (Å²) in [6, 6.07) is 21.3. The van der Waals surface area contributed by atoms with Gasteiger partial charge >= 0.3 is 0 Å². The number of fused-ring (bicyclic) bond motifs is 1. The summed E-state index contributed by atoms with van der Waals surface area (Å²) >= 11 is 3.27. The van der Waals surface area contributed by atoms with Crippen molar-refractivity contribution in [2.75, 3.05) is 24.3 Å². The third kappa shape index (κ3) is 4.00. The van der Waals surface area contributed by atoms with E-state index >= 15 is 0 Å². The molecule has 3 aromatic heterocycles. The maximum atomic E-state index is 12.9. The Morgan fingerprint density at radius 1 is 0.812 bits per heavy atom. The summed E-state index contributed by atoms with van der Waals surface area (Å²) in [5, 5.41) is 7.04. The second-order valence-corrected chi connectivity index (χ2v) is 9.37. The van der Waals surface area contributed by atoms with Crippen LogP contribution in [0.25, 0.3) is 32.2 Å². The van der Waals surface area contributed by atoms with E-state index in [2.05, 4.69) is 11.4 Å². The third-order valence-electron chi connectivity index (χ3n) is 5.08. The van der Waals surface area contributed by atoms with Gasteiger partial charge in [0.2, 0.25) is 0 Å². The van der Waals surface area contributed by atoms with E-state index in [1.807, 2.05) is 78.3 Å². The van der Waals surface area contributed by atoms with Crippen LogP contribution in [0.1, 0.15) is 10.4 Å². The van der Waals surface area contributed by atoms with Crippen molar-refractivity contribution < 1.29 is 4.79 Å². The van der Waals surface area contributed by atoms with E-state index in [0.717, 1.165) is 38.0 Å². The molecule has 0 saturated carbocycles. The summed E-state index contributed by atoms with van der Waals surface area (Å²) in [6.45, 7) is 0. The quantitative estimate of drug-likeness (QED) is 0.332. The van der Waals surface area contributed by atoms with Gasteiger partial charge in [0.1, 0.15) is 11.4 Å². The van der Waals surface area contributed by atoms with Crippen molar-refractivity contribution in [1.29, 1.82) is 0 Å². The Morgan fingerprint density at radius 2 is 1.44 bits per heavy atom. The minimum atomic E-state index is -0.175. The zero-order chi connectivity index (χ0) is 22.1. The molecule has 1 N–H and O–H groups in total. The fourth-order valence-corrected chi connectivity index (χ4v) is 4.84. The number of anilines is 2. The van der Waals surface area contributed by atoms with Crippen molar-refractivity contribution in [3.05, 3.63) is 83.1 Å². The van der Waals surface area contributed by atoms with Gasteiger partial charge in [-0.15, -0.1) is 22.7 Å². The van der Waals surface area contributed by atoms with Crippen molar-refractivity contribution in [2.45, 2.75) is 0 Å². The molecule has 0 unspecified atom stereocenters. The Balaban J connectivity index is 1.50. The van der Waals surface area contributed by atoms with Crippen LogP contribution in [0.4, 0.5) is 11.4 Å². The lowest BCUT2D eigenvalue weighted by Crippen LogP contribution is -2.12. The number of aromatic nitrogens is 2. The molecule has 0 radical (unpaired) electrons. The van der Waals surface area contributed by atoms with Crippen LogP contribution >= 0.6 is 22.7 Å². The molecule has 5 aromatic rings. The fourth-order valence-electron chi connectivity index (χ4n) is 3.41. The normalized spacial score (nSPS) is 10.9. The monoisotopic (exact) mass is 456 g/mol. The first-order chi connectivity index (χ1) is 15.6. The molecule has 0 saturated heterocycles. The predicted octanol–water partition coefficient (Wildman–Crippen LogP) is 6.41. The van der Waals surface area contributed by atoms with Crippen molar-refractivity contribution in [3.63, 3.8) is 0 Å². The minimum Gasteiger partial charge on any atom is -0.378 e. The van der Waals surface area contributed by atoms with E-state index in [1.165, 1.54) is 0 Å². The molecule has 0 fully saturated rings. The van der Waals surface area contributed by atoms with Crippen LogP contribution in [0.5, 0.6) is 0 Å². The highest BCUT2D eigenvalue weighted by molar-refractivity contribution is 7.14. The lowest BCUT2D eigenvalue weighted by molar-refractivity contribution is 0.102. The average Bonchev–Trinajstić information content (AvgIpc) is 3.52. The first-order valence-corrected chi connectivity index (χ1v) is 11.8. The van der Waals surface area contributed by atoms with Crippen LogP contribution in [-0.4, -0.2) is 30.0 Å². The molecule has 1 amide bonds. The first-order valence-electron chi connectivity index (χ1n) is 10.1. The van der Waals surface area contributed by atoms with Crippen LogP contribution in [0.3, 0.4) is 0 Å². The summed E-state index contributed by atoms with van der Waals surface area (Å²) in [5.41, 5.74) is 5.54. The standard InChI is InChI=1S/C25H20N4OS2/c1-29(2)18-10-8-17(9-11-18)26-25(30)16-7-12-19-20(15-16)28-24(22-6-4-14-32-22)23(27-19)21-5-3-13-31-21/h3-15H,1-2H3,(H,26,30). The van der Waals surface area contributed by atoms with Gasteiger partial charge in [-0.2, -0.15) is 0 Å². The Labute approximate surface area is 194 Å². The van der Waals surface area contributed by atoms with E-state index in [1.54, 1.807) is 34.8 Å². The van der Waals surface area contributed by atoms with E-state index in [4.69, 9.17) is 9.97 Å². The summed E-state index contributed by atoms with van der Waals surface area (Å²) in [5.74, 6) is -0.175. The highest BCUT2D eigenvalue weighted by Crippen LogP contribution is 2.35. The van der Waals surface area contributed by atoms with Gasteiger partial charge in [0.05, 0.1) is 20.8 Å². The second-order valence-electron chi connectivity index (χ2n) is 7.47. The van der Waals surface area contributed by atoms with E-state index in [9.17, 15) is 4.79 Å². The van der Waals surface area contributed by atoms with Gasteiger partial charge < -0.3 is 10.2 Å². The van der Waals surface area contributed by atoms with E-state index in [-0.39, 0.29) is 5.91 Å². The van der Waals surface area contributed by atoms with Crippen molar-refractivity contribution in [2.24, 2.45) is 0 Å². The van der Waals surface area contributed by atoms with Crippen LogP contribution in [0, 0.1) is 0 Å². The number of thiophene rings is 2. The molecule has 158 valence electrons. The summed E-state index contributed by atoms with van der Waals surface area (Å²) in [4.78, 5) is 26.9. The molecule has 0 aliphatic heterocycles. The number of carbonyl (C=O) groups is 1. The number of benzene rings is 2. The second kappa shape index (κ2) is 8.53. The van der Waals surface area contributed by atoms with Gasteiger partial charge in [-0.25, -0.2) is 9.97 Å². The number of hydrogen-bond donors (Lipinski definition) is 1. The fraction of sp³-hybridized carbons (Fsp3) is 0.0800. The highest BCUT2D eigenvalue weighted by atomic mass is 32.1. The van der Waals surface area contributed by atoms with Crippen LogP contribution < -0.4 is 10.2 Å². The Morgan fingerprint density at radius 3 is 2.00 bits per heavy atom. The molecule has 5 nitrogen and oxygen atoms in total. The predicted molar refractivity (Wildman–Crippen MR) is 135 cm³/mol. The molecule has 5 rings (SSSR count). The summed E-state index contributed by atoms with van der Waals surface area (Å²) in [7, 11) is 3.97. The van der Waals surface area contributed by atoms with Crippen LogP contribution in [0.15, 0.2) is 77.5 Å². The molecule has 0 bridgehead atoms. The van der Waals surface area contributed by atoms with Gasteiger partial charge in [0.25, 0.3) is 5.91 Å². The Bertz CT molecular complexity index is 1380. The summed E-state index contributed by atoms with van der Waals surface area (Å²) in [6.07, 6.45) is 0. The third-order valence-corrected chi connectivity index (χ3v) is 6.83. The largest absolute Gasteiger partial charge is 0.378 e. The SMILES string of the molecule is CN(C)c1ccc(NC(=O)c2ccc3nc(-c4cccs4)c(-c4cccs4)nc3c2)cc1. The number of nitrogens with zero attached hydrogens (tertiary/aromatic N) is 3. The Hall–Kier alpha value is -3.55. The van der Waals surface area contributed by atoms with Crippen molar-refractivity contribution in [1.82, 2.24) is 9.97 Å². The molecular weight excluding hydrogens is 436 g/mol. The Kier molecular flexibility index (Phi) is 5.43. The van der Waals surface area contributed by atoms with E-state index in [0.29, 0.717) is 11.1 Å². The zero-order valence-corrected chi connectivity index (χ0v) is 19.2. The first kappa shape index (κ1) is 20.4. The highest BCUT2D eigenvalue weighted by Gasteiger charge is 2.16. The van der Waals surface area contributed by atoms with Crippen molar-refractivity contribution >= 4 is 51.0 Å². The lowest BCUT2D eigenvalue weighted by Gasteiger charge is -2.13. The number of amides is 1. The van der Waals surface area contributed by atoms with Gasteiger partial charge in [-0.1, -0.05) is 12.1 Å². The van der Waals surface area contributed by atoms with Crippen LogP contribution in [-0.2, 0) is 0 Å². The number of nitrogens with one attached hydrogen (secondary N) is 1.